The highest BCUT2D eigenvalue weighted by Gasteiger charge is 2.09. The van der Waals surface area contributed by atoms with E-state index in [0.717, 1.165) is 16.5 Å². The van der Waals surface area contributed by atoms with Crippen LogP contribution in [0.25, 0.3) is 10.8 Å². The molecule has 3 N–H and O–H groups in total. The van der Waals surface area contributed by atoms with Crippen molar-refractivity contribution in [3.63, 3.8) is 0 Å². The van der Waals surface area contributed by atoms with Gasteiger partial charge in [0.1, 0.15) is 0 Å². The summed E-state index contributed by atoms with van der Waals surface area (Å²) in [5.74, 6) is -0.696. The molecular formula is C18H15NO3. The molecule has 0 aliphatic rings. The Morgan fingerprint density at radius 1 is 0.909 bits per heavy atom. The van der Waals surface area contributed by atoms with Crippen molar-refractivity contribution < 1.29 is 15.0 Å². The van der Waals surface area contributed by atoms with Crippen LogP contribution in [-0.2, 0) is 0 Å². The minimum absolute atomic E-state index is 0.109. The number of phenols is 2. The van der Waals surface area contributed by atoms with Crippen molar-refractivity contribution in [1.82, 2.24) is 0 Å². The van der Waals surface area contributed by atoms with Gasteiger partial charge in [-0.05, 0) is 29.7 Å². The maximum atomic E-state index is 12.2. The van der Waals surface area contributed by atoms with E-state index in [0.29, 0.717) is 5.56 Å². The van der Waals surface area contributed by atoms with Crippen molar-refractivity contribution in [3.05, 3.63) is 66.2 Å². The lowest BCUT2D eigenvalue weighted by Gasteiger charge is -2.09. The summed E-state index contributed by atoms with van der Waals surface area (Å²) in [6.45, 7) is 0.109. The summed E-state index contributed by atoms with van der Waals surface area (Å²) in [4.78, 5) is 12.2. The SMILES string of the molecule is O=C(CNc1cccc2ccccc12)c1ccc(O)c(O)c1. The first-order chi connectivity index (χ1) is 10.6. The molecule has 22 heavy (non-hydrogen) atoms. The Balaban J connectivity index is 1.79. The van der Waals surface area contributed by atoms with Gasteiger partial charge >= 0.3 is 0 Å². The Morgan fingerprint density at radius 2 is 1.68 bits per heavy atom. The molecule has 0 amide bonds. The van der Waals surface area contributed by atoms with Gasteiger partial charge in [-0.2, -0.15) is 0 Å². The highest BCUT2D eigenvalue weighted by atomic mass is 16.3. The molecular weight excluding hydrogens is 278 g/mol. The van der Waals surface area contributed by atoms with Crippen molar-refractivity contribution in [1.29, 1.82) is 0 Å². The second-order valence-electron chi connectivity index (χ2n) is 5.01. The number of phenolic OH excluding ortho intramolecular Hbond substituents is 2. The third-order valence-corrected chi connectivity index (χ3v) is 3.53. The number of carbonyl (C=O) groups excluding carboxylic acids is 1. The number of ketones is 1. The zero-order chi connectivity index (χ0) is 15.5. The van der Waals surface area contributed by atoms with E-state index in [9.17, 15) is 15.0 Å². The number of anilines is 1. The molecule has 0 saturated carbocycles. The largest absolute Gasteiger partial charge is 0.504 e. The number of carbonyl (C=O) groups is 1. The Bertz CT molecular complexity index is 837. The molecule has 4 heteroatoms. The quantitative estimate of drug-likeness (QED) is 0.508. The van der Waals surface area contributed by atoms with Gasteiger partial charge in [0.25, 0.3) is 0 Å². The summed E-state index contributed by atoms with van der Waals surface area (Å²) in [7, 11) is 0. The molecule has 0 aromatic heterocycles. The topological polar surface area (TPSA) is 69.6 Å². The van der Waals surface area contributed by atoms with Crippen LogP contribution in [0.1, 0.15) is 10.4 Å². The van der Waals surface area contributed by atoms with Gasteiger partial charge in [0, 0.05) is 16.6 Å². The smallest absolute Gasteiger partial charge is 0.181 e. The summed E-state index contributed by atoms with van der Waals surface area (Å²) >= 11 is 0. The molecule has 3 rings (SSSR count). The van der Waals surface area contributed by atoms with Crippen LogP contribution in [0, 0.1) is 0 Å². The average molecular weight is 293 g/mol. The van der Waals surface area contributed by atoms with Crippen LogP contribution in [0.5, 0.6) is 11.5 Å². The number of hydrogen-bond donors (Lipinski definition) is 3. The summed E-state index contributed by atoms with van der Waals surface area (Å²) in [5, 5.41) is 24.0. The molecule has 110 valence electrons. The average Bonchev–Trinajstić information content (AvgIpc) is 2.55. The van der Waals surface area contributed by atoms with E-state index in [-0.39, 0.29) is 23.8 Å². The fourth-order valence-corrected chi connectivity index (χ4v) is 2.35. The molecule has 0 aliphatic carbocycles. The number of nitrogens with one attached hydrogen (secondary N) is 1. The van der Waals surface area contributed by atoms with E-state index in [2.05, 4.69) is 5.32 Å². The third kappa shape index (κ3) is 2.72. The van der Waals surface area contributed by atoms with E-state index < -0.39 is 0 Å². The lowest BCUT2D eigenvalue weighted by atomic mass is 10.1. The minimum Gasteiger partial charge on any atom is -0.504 e. The standard InChI is InChI=1S/C18H15NO3/c20-16-9-8-13(10-17(16)21)18(22)11-19-15-7-3-5-12-4-1-2-6-14(12)15/h1-10,19-21H,11H2. The predicted molar refractivity (Wildman–Crippen MR) is 86.5 cm³/mol. The monoisotopic (exact) mass is 293 g/mol. The molecule has 0 fully saturated rings. The van der Waals surface area contributed by atoms with E-state index in [1.54, 1.807) is 0 Å². The number of Topliss-reactive ketones (excluding diaryl/α,β-unsaturated/α-hetero) is 1. The second-order valence-corrected chi connectivity index (χ2v) is 5.01. The molecule has 0 atom stereocenters. The van der Waals surface area contributed by atoms with Crippen LogP contribution in [0.2, 0.25) is 0 Å². The summed E-state index contributed by atoms with van der Waals surface area (Å²) < 4.78 is 0. The number of rotatable bonds is 4. The van der Waals surface area contributed by atoms with Crippen molar-refractivity contribution in [3.8, 4) is 11.5 Å². The summed E-state index contributed by atoms with van der Waals surface area (Å²) in [6.07, 6.45) is 0. The summed E-state index contributed by atoms with van der Waals surface area (Å²) in [6, 6.07) is 17.9. The van der Waals surface area contributed by atoms with Crippen LogP contribution in [0.3, 0.4) is 0 Å². The zero-order valence-electron chi connectivity index (χ0n) is 11.8. The third-order valence-electron chi connectivity index (χ3n) is 3.53. The van der Waals surface area contributed by atoms with Crippen LogP contribution in [0.15, 0.2) is 60.7 Å². The molecule has 0 bridgehead atoms. The van der Waals surface area contributed by atoms with Crippen LogP contribution < -0.4 is 5.32 Å². The fraction of sp³-hybridized carbons (Fsp3) is 0.0556. The number of aromatic hydroxyl groups is 2. The second kappa shape index (κ2) is 5.77. The Hall–Kier alpha value is -3.01. The van der Waals surface area contributed by atoms with Gasteiger partial charge in [0.05, 0.1) is 6.54 Å². The van der Waals surface area contributed by atoms with Crippen LogP contribution in [0.4, 0.5) is 5.69 Å². The van der Waals surface area contributed by atoms with Gasteiger partial charge < -0.3 is 15.5 Å². The molecule has 0 spiro atoms. The first kappa shape index (κ1) is 13.9. The normalized spacial score (nSPS) is 10.5. The maximum Gasteiger partial charge on any atom is 0.181 e. The van der Waals surface area contributed by atoms with Gasteiger partial charge in [0.15, 0.2) is 17.3 Å². The van der Waals surface area contributed by atoms with Gasteiger partial charge in [-0.15, -0.1) is 0 Å². The highest BCUT2D eigenvalue weighted by molar-refractivity contribution is 6.01. The highest BCUT2D eigenvalue weighted by Crippen LogP contribution is 2.26. The molecule has 0 unspecified atom stereocenters. The molecule has 0 radical (unpaired) electrons. The first-order valence-electron chi connectivity index (χ1n) is 6.92. The summed E-state index contributed by atoms with van der Waals surface area (Å²) in [5.41, 5.74) is 1.23. The maximum absolute atomic E-state index is 12.2. The lowest BCUT2D eigenvalue weighted by molar-refractivity contribution is 0.101. The van der Waals surface area contributed by atoms with E-state index in [1.807, 2.05) is 42.5 Å². The van der Waals surface area contributed by atoms with Gasteiger partial charge in [0.2, 0.25) is 0 Å². The number of fused-ring (bicyclic) bond motifs is 1. The molecule has 3 aromatic rings. The fourth-order valence-electron chi connectivity index (χ4n) is 2.35. The lowest BCUT2D eigenvalue weighted by Crippen LogP contribution is -2.14. The van der Waals surface area contributed by atoms with Gasteiger partial charge in [-0.1, -0.05) is 36.4 Å². The minimum atomic E-state index is -0.295. The Kier molecular flexibility index (Phi) is 3.66. The van der Waals surface area contributed by atoms with Gasteiger partial charge in [-0.3, -0.25) is 4.79 Å². The first-order valence-corrected chi connectivity index (χ1v) is 6.92. The molecule has 0 heterocycles. The van der Waals surface area contributed by atoms with E-state index in [1.165, 1.54) is 18.2 Å². The van der Waals surface area contributed by atoms with Crippen molar-refractivity contribution in [2.45, 2.75) is 0 Å². The Morgan fingerprint density at radius 3 is 2.50 bits per heavy atom. The van der Waals surface area contributed by atoms with Crippen LogP contribution in [-0.4, -0.2) is 22.5 Å². The van der Waals surface area contributed by atoms with Crippen molar-refractivity contribution in [2.24, 2.45) is 0 Å². The van der Waals surface area contributed by atoms with E-state index in [4.69, 9.17) is 0 Å². The van der Waals surface area contributed by atoms with Crippen molar-refractivity contribution in [2.75, 3.05) is 11.9 Å². The number of benzene rings is 3. The zero-order valence-corrected chi connectivity index (χ0v) is 11.8. The van der Waals surface area contributed by atoms with Gasteiger partial charge in [-0.25, -0.2) is 0 Å². The molecule has 0 saturated heterocycles. The molecule has 3 aromatic carbocycles. The molecule has 0 aliphatic heterocycles. The molecule has 4 nitrogen and oxygen atoms in total. The Labute approximate surface area is 127 Å². The van der Waals surface area contributed by atoms with E-state index >= 15 is 0 Å². The number of hydrogen-bond acceptors (Lipinski definition) is 4. The van der Waals surface area contributed by atoms with Crippen LogP contribution >= 0.6 is 0 Å². The predicted octanol–water partition coefficient (Wildman–Crippen LogP) is 3.55. The van der Waals surface area contributed by atoms with Crippen molar-refractivity contribution >= 4 is 22.2 Å².